The van der Waals surface area contributed by atoms with E-state index in [1.165, 1.54) is 18.0 Å². The van der Waals surface area contributed by atoms with Crippen LogP contribution in [0.25, 0.3) is 5.69 Å². The fourth-order valence-electron chi connectivity index (χ4n) is 3.12. The van der Waals surface area contributed by atoms with Gasteiger partial charge in [0.2, 0.25) is 0 Å². The van der Waals surface area contributed by atoms with Crippen molar-refractivity contribution in [2.24, 2.45) is 0 Å². The molecule has 0 unspecified atom stereocenters. The number of carbonyl (C=O) groups is 2. The SMILES string of the molecule is CSc1ncc(C(=O)OCC(=O)N2C[C@@H](C)O[C@@H](C)C2)n1-c1ccccc1. The second kappa shape index (κ2) is 8.58. The average Bonchev–Trinajstić information content (AvgIpc) is 3.10. The lowest BCUT2D eigenvalue weighted by molar-refractivity contribution is -0.146. The standard InChI is InChI=1S/C19H23N3O4S/c1-13-10-21(11-14(2)26-13)17(23)12-25-18(24)16-9-20-19(27-3)22(16)15-7-5-4-6-8-15/h4-9,13-14H,10-12H2,1-3H3/t13-,14+. The molecule has 2 aromatic rings. The summed E-state index contributed by atoms with van der Waals surface area (Å²) in [5.74, 6) is -0.796. The van der Waals surface area contributed by atoms with Crippen LogP contribution in [0, 0.1) is 0 Å². The van der Waals surface area contributed by atoms with Crippen molar-refractivity contribution >= 4 is 23.6 Å². The number of rotatable bonds is 5. The Balaban J connectivity index is 1.70. The number of thioether (sulfide) groups is 1. The monoisotopic (exact) mass is 389 g/mol. The number of hydrogen-bond donors (Lipinski definition) is 0. The van der Waals surface area contributed by atoms with E-state index < -0.39 is 5.97 Å². The maximum Gasteiger partial charge on any atom is 0.357 e. The lowest BCUT2D eigenvalue weighted by Gasteiger charge is -2.35. The summed E-state index contributed by atoms with van der Waals surface area (Å²) >= 11 is 1.43. The van der Waals surface area contributed by atoms with Gasteiger partial charge >= 0.3 is 5.97 Å². The van der Waals surface area contributed by atoms with Gasteiger partial charge in [0.15, 0.2) is 17.5 Å². The van der Waals surface area contributed by atoms with E-state index in [0.717, 1.165) is 5.69 Å². The normalized spacial score (nSPS) is 19.7. The number of aromatic nitrogens is 2. The molecule has 0 N–H and O–H groups in total. The number of hydrogen-bond acceptors (Lipinski definition) is 6. The number of nitrogens with zero attached hydrogens (tertiary/aromatic N) is 3. The molecule has 0 saturated carbocycles. The topological polar surface area (TPSA) is 73.7 Å². The van der Waals surface area contributed by atoms with Crippen LogP contribution < -0.4 is 0 Å². The van der Waals surface area contributed by atoms with Crippen LogP contribution in [0.2, 0.25) is 0 Å². The van der Waals surface area contributed by atoms with Gasteiger partial charge in [0.1, 0.15) is 0 Å². The van der Waals surface area contributed by atoms with E-state index in [1.54, 1.807) is 9.47 Å². The van der Waals surface area contributed by atoms with Crippen LogP contribution >= 0.6 is 11.8 Å². The van der Waals surface area contributed by atoms with E-state index in [4.69, 9.17) is 9.47 Å². The van der Waals surface area contributed by atoms with Crippen LogP contribution in [0.5, 0.6) is 0 Å². The van der Waals surface area contributed by atoms with Gasteiger partial charge in [0.25, 0.3) is 5.91 Å². The highest BCUT2D eigenvalue weighted by Crippen LogP contribution is 2.22. The number of para-hydroxylation sites is 1. The van der Waals surface area contributed by atoms with E-state index in [9.17, 15) is 9.59 Å². The molecule has 1 fully saturated rings. The smallest absolute Gasteiger partial charge is 0.357 e. The predicted molar refractivity (Wildman–Crippen MR) is 102 cm³/mol. The van der Waals surface area contributed by atoms with Crippen molar-refractivity contribution in [3.63, 3.8) is 0 Å². The van der Waals surface area contributed by atoms with Crippen LogP contribution in [0.4, 0.5) is 0 Å². The third-order valence-electron chi connectivity index (χ3n) is 4.23. The third-order valence-corrected chi connectivity index (χ3v) is 4.89. The van der Waals surface area contributed by atoms with Gasteiger partial charge in [-0.05, 0) is 32.2 Å². The highest BCUT2D eigenvalue weighted by Gasteiger charge is 2.27. The van der Waals surface area contributed by atoms with Crippen LogP contribution in [-0.4, -0.2) is 64.5 Å². The molecule has 0 radical (unpaired) electrons. The van der Waals surface area contributed by atoms with E-state index in [-0.39, 0.29) is 24.7 Å². The molecule has 1 aromatic heterocycles. The van der Waals surface area contributed by atoms with Crippen molar-refractivity contribution in [2.45, 2.75) is 31.2 Å². The predicted octanol–water partition coefficient (Wildman–Crippen LogP) is 2.39. The summed E-state index contributed by atoms with van der Waals surface area (Å²) in [5.41, 5.74) is 1.11. The van der Waals surface area contributed by atoms with Crippen LogP contribution in [0.1, 0.15) is 24.3 Å². The van der Waals surface area contributed by atoms with E-state index in [1.807, 2.05) is 50.4 Å². The molecule has 8 heteroatoms. The number of imidazole rings is 1. The second-order valence-corrected chi connectivity index (χ2v) is 7.21. The number of esters is 1. The second-order valence-electron chi connectivity index (χ2n) is 6.43. The zero-order chi connectivity index (χ0) is 19.4. The van der Waals surface area contributed by atoms with Gasteiger partial charge in [0, 0.05) is 18.8 Å². The van der Waals surface area contributed by atoms with Crippen LogP contribution in [0.15, 0.2) is 41.7 Å². The summed E-state index contributed by atoms with van der Waals surface area (Å²) in [6.07, 6.45) is 3.31. The summed E-state index contributed by atoms with van der Waals surface area (Å²) in [7, 11) is 0. The molecule has 2 atom stereocenters. The Kier molecular flexibility index (Phi) is 6.18. The fraction of sp³-hybridized carbons (Fsp3) is 0.421. The molecule has 144 valence electrons. The van der Waals surface area contributed by atoms with Crippen molar-refractivity contribution in [2.75, 3.05) is 26.0 Å². The highest BCUT2D eigenvalue weighted by molar-refractivity contribution is 7.98. The first-order valence-corrected chi connectivity index (χ1v) is 9.99. The fourth-order valence-corrected chi connectivity index (χ4v) is 3.67. The molecule has 0 aliphatic carbocycles. The molecule has 2 heterocycles. The number of ether oxygens (including phenoxy) is 2. The van der Waals surface area contributed by atoms with E-state index >= 15 is 0 Å². The minimum absolute atomic E-state index is 0.0305. The molecule has 0 bridgehead atoms. The highest BCUT2D eigenvalue weighted by atomic mass is 32.2. The van der Waals surface area contributed by atoms with Gasteiger partial charge in [-0.25, -0.2) is 9.78 Å². The maximum atomic E-state index is 12.6. The first-order chi connectivity index (χ1) is 13.0. The molecule has 27 heavy (non-hydrogen) atoms. The van der Waals surface area contributed by atoms with E-state index in [0.29, 0.717) is 23.9 Å². The summed E-state index contributed by atoms with van der Waals surface area (Å²) < 4.78 is 12.7. The van der Waals surface area contributed by atoms with Gasteiger partial charge in [-0.1, -0.05) is 30.0 Å². The molecule has 3 rings (SSSR count). The molecule has 1 saturated heterocycles. The Morgan fingerprint density at radius 2 is 1.89 bits per heavy atom. The largest absolute Gasteiger partial charge is 0.451 e. The first kappa shape index (κ1) is 19.4. The zero-order valence-corrected chi connectivity index (χ0v) is 16.4. The number of carbonyl (C=O) groups excluding carboxylic acids is 2. The minimum atomic E-state index is -0.575. The molecule has 0 spiro atoms. The Bertz CT molecular complexity index is 799. The Morgan fingerprint density at radius 3 is 2.52 bits per heavy atom. The van der Waals surface area contributed by atoms with Gasteiger partial charge in [-0.2, -0.15) is 0 Å². The van der Waals surface area contributed by atoms with Gasteiger partial charge in [-0.15, -0.1) is 0 Å². The Hall–Kier alpha value is -2.32. The lowest BCUT2D eigenvalue weighted by atomic mass is 10.2. The maximum absolute atomic E-state index is 12.6. The molecular formula is C19H23N3O4S. The summed E-state index contributed by atoms with van der Waals surface area (Å²) in [5, 5.41) is 0.676. The van der Waals surface area contributed by atoms with E-state index in [2.05, 4.69) is 4.98 Å². The lowest BCUT2D eigenvalue weighted by Crippen LogP contribution is -2.49. The average molecular weight is 389 g/mol. The van der Waals surface area contributed by atoms with Crippen molar-refractivity contribution < 1.29 is 19.1 Å². The molecule has 1 aliphatic rings. The number of amides is 1. The van der Waals surface area contributed by atoms with Crippen molar-refractivity contribution in [3.8, 4) is 5.69 Å². The van der Waals surface area contributed by atoms with Crippen molar-refractivity contribution in [3.05, 3.63) is 42.2 Å². The van der Waals surface area contributed by atoms with Crippen LogP contribution in [0.3, 0.4) is 0 Å². The summed E-state index contributed by atoms with van der Waals surface area (Å²) in [6, 6.07) is 9.46. The summed E-state index contributed by atoms with van der Waals surface area (Å²) in [4.78, 5) is 31.0. The van der Waals surface area contributed by atoms with Crippen molar-refractivity contribution in [1.29, 1.82) is 0 Å². The first-order valence-electron chi connectivity index (χ1n) is 8.77. The summed E-state index contributed by atoms with van der Waals surface area (Å²) in [6.45, 7) is 4.54. The number of benzene rings is 1. The van der Waals surface area contributed by atoms with Gasteiger partial charge in [-0.3, -0.25) is 9.36 Å². The Labute approximate surface area is 162 Å². The molecule has 1 aromatic carbocycles. The molecule has 1 aliphatic heterocycles. The van der Waals surface area contributed by atoms with Crippen molar-refractivity contribution in [1.82, 2.24) is 14.5 Å². The third kappa shape index (κ3) is 4.51. The van der Waals surface area contributed by atoms with Gasteiger partial charge < -0.3 is 14.4 Å². The number of morpholine rings is 1. The van der Waals surface area contributed by atoms with Crippen LogP contribution in [-0.2, 0) is 14.3 Å². The molecule has 1 amide bonds. The quantitative estimate of drug-likeness (QED) is 0.577. The zero-order valence-electron chi connectivity index (χ0n) is 15.6. The Morgan fingerprint density at radius 1 is 1.22 bits per heavy atom. The minimum Gasteiger partial charge on any atom is -0.451 e. The molecule has 7 nitrogen and oxygen atoms in total. The molecular weight excluding hydrogens is 366 g/mol. The van der Waals surface area contributed by atoms with Gasteiger partial charge in [0.05, 0.1) is 18.4 Å².